The Kier molecular flexibility index (Phi) is 5.72. The predicted octanol–water partition coefficient (Wildman–Crippen LogP) is 3.18. The number of nitrogens with zero attached hydrogens (tertiary/aromatic N) is 4. The van der Waals surface area contributed by atoms with Crippen LogP contribution in [0.4, 0.5) is 15.0 Å². The highest BCUT2D eigenvalue weighted by Crippen LogP contribution is 2.40. The van der Waals surface area contributed by atoms with Crippen molar-refractivity contribution in [1.29, 1.82) is 0 Å². The molecule has 2 aliphatic rings. The van der Waals surface area contributed by atoms with E-state index < -0.39 is 24.3 Å². The first-order valence-electron chi connectivity index (χ1n) is 9.94. The van der Waals surface area contributed by atoms with Crippen LogP contribution in [-0.4, -0.2) is 71.5 Å². The molecule has 2 bridgehead atoms. The monoisotopic (exact) mass is 416 g/mol. The second-order valence-corrected chi connectivity index (χ2v) is 7.67. The Morgan fingerprint density at radius 3 is 2.77 bits per heavy atom. The summed E-state index contributed by atoms with van der Waals surface area (Å²) in [5.74, 6) is 1.18. The van der Waals surface area contributed by atoms with Gasteiger partial charge in [0.1, 0.15) is 11.9 Å². The number of para-hydroxylation sites is 1. The molecule has 4 atom stereocenters. The van der Waals surface area contributed by atoms with Crippen LogP contribution in [0, 0.1) is 0 Å². The topological polar surface area (TPSA) is 88.0 Å². The third-order valence-corrected chi connectivity index (χ3v) is 6.02. The fourth-order valence-corrected chi connectivity index (χ4v) is 4.54. The molecular weight excluding hydrogens is 391 g/mol. The number of fused-ring (bicyclic) bond motifs is 2. The van der Waals surface area contributed by atoms with Crippen molar-refractivity contribution < 1.29 is 23.8 Å². The number of anilines is 1. The number of piperidine rings is 1. The van der Waals surface area contributed by atoms with Crippen LogP contribution in [0.25, 0.3) is 11.3 Å². The molecule has 1 aromatic heterocycles. The maximum atomic E-state index is 15.2. The maximum Gasteiger partial charge on any atom is 0.407 e. The van der Waals surface area contributed by atoms with Gasteiger partial charge in [-0.1, -0.05) is 12.1 Å². The Morgan fingerprint density at radius 2 is 2.07 bits per heavy atom. The Balaban J connectivity index is 1.52. The minimum Gasteiger partial charge on any atom is -0.467 e. The van der Waals surface area contributed by atoms with Gasteiger partial charge in [0.25, 0.3) is 0 Å². The molecule has 9 heteroatoms. The van der Waals surface area contributed by atoms with E-state index in [4.69, 9.17) is 9.47 Å². The molecule has 0 aliphatic carbocycles. The minimum atomic E-state index is -1.27. The summed E-state index contributed by atoms with van der Waals surface area (Å²) >= 11 is 0. The SMILES string of the molecule is COCOc1ccccc1-c1ccc(N(C)[C@@H]2C[C@H]3CC[C@@H]([C@@H]2F)N3C(=O)O)nn1. The van der Waals surface area contributed by atoms with E-state index >= 15 is 4.39 Å². The number of hydrogen-bond acceptors (Lipinski definition) is 6. The molecule has 160 valence electrons. The molecule has 1 aromatic carbocycles. The molecule has 2 fully saturated rings. The maximum absolute atomic E-state index is 15.2. The Bertz CT molecular complexity index is 897. The number of benzene rings is 1. The van der Waals surface area contributed by atoms with Gasteiger partial charge in [0.05, 0.1) is 17.8 Å². The number of aromatic nitrogens is 2. The van der Waals surface area contributed by atoms with Crippen molar-refractivity contribution in [1.82, 2.24) is 15.1 Å². The number of halogens is 1. The van der Waals surface area contributed by atoms with Crippen molar-refractivity contribution >= 4 is 11.9 Å². The summed E-state index contributed by atoms with van der Waals surface area (Å²) < 4.78 is 25.7. The van der Waals surface area contributed by atoms with Gasteiger partial charge in [-0.15, -0.1) is 10.2 Å². The van der Waals surface area contributed by atoms with Gasteiger partial charge in [0, 0.05) is 25.8 Å². The largest absolute Gasteiger partial charge is 0.467 e. The lowest BCUT2D eigenvalue weighted by Gasteiger charge is -2.43. The first-order chi connectivity index (χ1) is 14.5. The summed E-state index contributed by atoms with van der Waals surface area (Å²) in [4.78, 5) is 14.5. The summed E-state index contributed by atoms with van der Waals surface area (Å²) in [6.45, 7) is 0.126. The molecule has 0 spiro atoms. The van der Waals surface area contributed by atoms with Crippen LogP contribution in [0.1, 0.15) is 19.3 Å². The Labute approximate surface area is 174 Å². The van der Waals surface area contributed by atoms with Gasteiger partial charge >= 0.3 is 6.09 Å². The van der Waals surface area contributed by atoms with Crippen molar-refractivity contribution in [2.75, 3.05) is 25.9 Å². The number of rotatable bonds is 6. The zero-order valence-corrected chi connectivity index (χ0v) is 16.9. The zero-order valence-electron chi connectivity index (χ0n) is 16.9. The van der Waals surface area contributed by atoms with Crippen molar-refractivity contribution in [2.45, 2.75) is 43.6 Å². The molecule has 0 radical (unpaired) electrons. The second kappa shape index (κ2) is 8.43. The second-order valence-electron chi connectivity index (χ2n) is 7.67. The van der Waals surface area contributed by atoms with E-state index in [1.165, 1.54) is 4.90 Å². The molecule has 8 nitrogen and oxygen atoms in total. The van der Waals surface area contributed by atoms with E-state index in [-0.39, 0.29) is 12.8 Å². The van der Waals surface area contributed by atoms with E-state index in [1.807, 2.05) is 30.3 Å². The van der Waals surface area contributed by atoms with Crippen molar-refractivity contribution in [3.8, 4) is 17.0 Å². The molecule has 2 aliphatic heterocycles. The summed E-state index contributed by atoms with van der Waals surface area (Å²) in [6, 6.07) is 9.91. The van der Waals surface area contributed by atoms with Gasteiger partial charge in [-0.3, -0.25) is 4.90 Å². The summed E-state index contributed by atoms with van der Waals surface area (Å²) in [6.07, 6.45) is -0.604. The fraction of sp³-hybridized carbons (Fsp3) is 0.476. The highest BCUT2D eigenvalue weighted by atomic mass is 19.1. The average molecular weight is 416 g/mol. The molecule has 0 unspecified atom stereocenters. The Morgan fingerprint density at radius 1 is 1.27 bits per heavy atom. The highest BCUT2D eigenvalue weighted by molar-refractivity contribution is 5.68. The summed E-state index contributed by atoms with van der Waals surface area (Å²) in [5.41, 5.74) is 1.42. The average Bonchev–Trinajstić information content (AvgIpc) is 3.12. The molecule has 0 saturated carbocycles. The molecule has 30 heavy (non-hydrogen) atoms. The number of amides is 1. The van der Waals surface area contributed by atoms with Crippen LogP contribution in [0.2, 0.25) is 0 Å². The van der Waals surface area contributed by atoms with Gasteiger partial charge in [0.2, 0.25) is 0 Å². The lowest BCUT2D eigenvalue weighted by Crippen LogP contribution is -2.58. The zero-order chi connectivity index (χ0) is 21.3. The number of methoxy groups -OCH3 is 1. The number of hydrogen-bond donors (Lipinski definition) is 1. The van der Waals surface area contributed by atoms with Gasteiger partial charge in [-0.25, -0.2) is 9.18 Å². The lowest BCUT2D eigenvalue weighted by molar-refractivity contribution is 0.0489. The molecule has 1 N–H and O–H groups in total. The van der Waals surface area contributed by atoms with Crippen molar-refractivity contribution in [3.05, 3.63) is 36.4 Å². The standard InChI is InChI=1S/C21H25FN4O4/c1-25(17-11-13-7-9-16(20(17)22)26(13)21(27)28)19-10-8-15(23-24-19)14-5-3-4-6-18(14)30-12-29-2/h3-6,8,10,13,16-17,20H,7,9,11-12H2,1-2H3,(H,27,28)/t13-,16+,17-,20+/m1/s1. The van der Waals surface area contributed by atoms with Gasteiger partial charge in [-0.05, 0) is 43.5 Å². The number of carboxylic acid groups (broad SMARTS) is 1. The van der Waals surface area contributed by atoms with E-state index in [0.717, 1.165) is 5.56 Å². The highest BCUT2D eigenvalue weighted by Gasteiger charge is 2.51. The normalized spacial score (nSPS) is 25.2. The molecule has 4 rings (SSSR count). The number of alkyl halides is 1. The van der Waals surface area contributed by atoms with Crippen LogP contribution in [0.5, 0.6) is 5.75 Å². The third-order valence-electron chi connectivity index (χ3n) is 6.02. The first kappa shape index (κ1) is 20.3. The van der Waals surface area contributed by atoms with Gasteiger partial charge < -0.3 is 19.5 Å². The minimum absolute atomic E-state index is 0.126. The van der Waals surface area contributed by atoms with Crippen molar-refractivity contribution in [2.24, 2.45) is 0 Å². The lowest BCUT2D eigenvalue weighted by atomic mass is 9.94. The van der Waals surface area contributed by atoms with Crippen molar-refractivity contribution in [3.63, 3.8) is 0 Å². The van der Waals surface area contributed by atoms with Crippen LogP contribution in [-0.2, 0) is 4.74 Å². The van der Waals surface area contributed by atoms with E-state index in [9.17, 15) is 9.90 Å². The molecule has 2 saturated heterocycles. The quantitative estimate of drug-likeness (QED) is 0.724. The van der Waals surface area contributed by atoms with Crippen LogP contribution >= 0.6 is 0 Å². The fourth-order valence-electron chi connectivity index (χ4n) is 4.54. The van der Waals surface area contributed by atoms with Crippen LogP contribution in [0.15, 0.2) is 36.4 Å². The van der Waals surface area contributed by atoms with Gasteiger partial charge in [-0.2, -0.15) is 0 Å². The number of ether oxygens (including phenoxy) is 2. The van der Waals surface area contributed by atoms with Gasteiger partial charge in [0.15, 0.2) is 12.6 Å². The van der Waals surface area contributed by atoms with E-state index in [1.54, 1.807) is 25.1 Å². The molecular formula is C21H25FN4O4. The Hall–Kier alpha value is -2.94. The van der Waals surface area contributed by atoms with Crippen LogP contribution < -0.4 is 9.64 Å². The molecule has 1 amide bonds. The van der Waals surface area contributed by atoms with E-state index in [0.29, 0.717) is 36.5 Å². The molecule has 2 aromatic rings. The first-order valence-corrected chi connectivity index (χ1v) is 9.94. The van der Waals surface area contributed by atoms with E-state index in [2.05, 4.69) is 10.2 Å². The summed E-state index contributed by atoms with van der Waals surface area (Å²) in [5, 5.41) is 18.0. The summed E-state index contributed by atoms with van der Waals surface area (Å²) in [7, 11) is 3.34. The smallest absolute Gasteiger partial charge is 0.407 e. The number of carbonyl (C=O) groups is 1. The van der Waals surface area contributed by atoms with Crippen LogP contribution in [0.3, 0.4) is 0 Å². The third kappa shape index (κ3) is 3.65. The predicted molar refractivity (Wildman–Crippen MR) is 108 cm³/mol. The molecule has 3 heterocycles.